The van der Waals surface area contributed by atoms with E-state index in [0.29, 0.717) is 0 Å². The minimum atomic E-state index is -5.21. The van der Waals surface area contributed by atoms with Crippen molar-refractivity contribution in [2.45, 2.75) is 13.1 Å². The predicted molar refractivity (Wildman–Crippen MR) is 38.4 cm³/mol. The van der Waals surface area contributed by atoms with Gasteiger partial charge in [0, 0.05) is 0 Å². The third-order valence-corrected chi connectivity index (χ3v) is 1.10. The molecule has 0 amide bonds. The molecule has 7 heteroatoms. The molecule has 0 saturated carbocycles. The molecule has 0 aromatic carbocycles. The molecule has 0 unspecified atom stereocenters. The molecular formula is C7H7F3O4. The standard InChI is InChI=1S/C7H7F3O4/c1-2-14-3-4(6(12)13)5(11)7(8,9)10/h3H,2H2,1H3,(H,12,13)/b4-3-. The number of hydrogen-bond donors (Lipinski definition) is 1. The van der Waals surface area contributed by atoms with Crippen LogP contribution in [0.25, 0.3) is 0 Å². The van der Waals surface area contributed by atoms with Crippen molar-refractivity contribution in [1.82, 2.24) is 0 Å². The molecule has 0 rings (SSSR count). The van der Waals surface area contributed by atoms with Gasteiger partial charge < -0.3 is 9.84 Å². The highest BCUT2D eigenvalue weighted by molar-refractivity contribution is 6.18. The van der Waals surface area contributed by atoms with E-state index in [-0.39, 0.29) is 12.9 Å². The summed E-state index contributed by atoms with van der Waals surface area (Å²) in [6.07, 6.45) is -4.92. The van der Waals surface area contributed by atoms with Crippen molar-refractivity contribution in [3.63, 3.8) is 0 Å². The van der Waals surface area contributed by atoms with Gasteiger partial charge in [-0.3, -0.25) is 4.79 Å². The van der Waals surface area contributed by atoms with Crippen LogP contribution in [0.5, 0.6) is 0 Å². The molecule has 0 aromatic heterocycles. The Morgan fingerprint density at radius 2 is 1.93 bits per heavy atom. The summed E-state index contributed by atoms with van der Waals surface area (Å²) >= 11 is 0. The van der Waals surface area contributed by atoms with Crippen LogP contribution in [0, 0.1) is 0 Å². The molecule has 0 saturated heterocycles. The molecule has 0 radical (unpaired) electrons. The number of carbonyl (C=O) groups is 2. The fourth-order valence-electron chi connectivity index (χ4n) is 0.520. The maximum Gasteiger partial charge on any atom is 0.455 e. The number of halogens is 3. The molecule has 0 aliphatic rings. The number of rotatable bonds is 4. The summed E-state index contributed by atoms with van der Waals surface area (Å²) in [6, 6.07) is 0. The fourth-order valence-corrected chi connectivity index (χ4v) is 0.520. The van der Waals surface area contributed by atoms with Gasteiger partial charge >= 0.3 is 12.1 Å². The van der Waals surface area contributed by atoms with Crippen LogP contribution in [-0.4, -0.2) is 29.6 Å². The number of Topliss-reactive ketones (excluding diaryl/α,β-unsaturated/α-hetero) is 1. The van der Waals surface area contributed by atoms with Crippen molar-refractivity contribution in [2.75, 3.05) is 6.61 Å². The van der Waals surface area contributed by atoms with Crippen LogP contribution < -0.4 is 0 Å². The molecule has 1 N–H and O–H groups in total. The number of ketones is 1. The Hall–Kier alpha value is -1.53. The van der Waals surface area contributed by atoms with E-state index in [1.54, 1.807) is 0 Å². The van der Waals surface area contributed by atoms with Gasteiger partial charge in [-0.15, -0.1) is 0 Å². The summed E-state index contributed by atoms with van der Waals surface area (Å²) in [6.45, 7) is 1.41. The number of aliphatic carboxylic acids is 1. The lowest BCUT2D eigenvalue weighted by Crippen LogP contribution is -2.28. The van der Waals surface area contributed by atoms with Gasteiger partial charge in [0.25, 0.3) is 5.78 Å². The van der Waals surface area contributed by atoms with E-state index >= 15 is 0 Å². The third kappa shape index (κ3) is 3.46. The maximum atomic E-state index is 11.8. The van der Waals surface area contributed by atoms with Crippen LogP contribution in [0.1, 0.15) is 6.92 Å². The molecule has 0 fully saturated rings. The molecule has 4 nitrogen and oxygen atoms in total. The first-order valence-corrected chi connectivity index (χ1v) is 3.47. The second-order valence-electron chi connectivity index (χ2n) is 2.12. The van der Waals surface area contributed by atoms with Crippen molar-refractivity contribution in [3.05, 3.63) is 11.8 Å². The van der Waals surface area contributed by atoms with E-state index in [4.69, 9.17) is 5.11 Å². The summed E-state index contributed by atoms with van der Waals surface area (Å²) in [4.78, 5) is 20.7. The van der Waals surface area contributed by atoms with Gasteiger partial charge in [-0.1, -0.05) is 0 Å². The van der Waals surface area contributed by atoms with Crippen molar-refractivity contribution in [3.8, 4) is 0 Å². The quantitative estimate of drug-likeness (QED) is 0.328. The number of alkyl halides is 3. The monoisotopic (exact) mass is 212 g/mol. The van der Waals surface area contributed by atoms with Crippen molar-refractivity contribution in [1.29, 1.82) is 0 Å². The number of hydrogen-bond acceptors (Lipinski definition) is 3. The van der Waals surface area contributed by atoms with Crippen LogP contribution in [0.15, 0.2) is 11.8 Å². The molecular weight excluding hydrogens is 205 g/mol. The Morgan fingerprint density at radius 1 is 1.43 bits per heavy atom. The van der Waals surface area contributed by atoms with Gasteiger partial charge in [0.1, 0.15) is 11.8 Å². The summed E-state index contributed by atoms with van der Waals surface area (Å²) < 4.78 is 39.6. The summed E-state index contributed by atoms with van der Waals surface area (Å²) in [5, 5.41) is 8.26. The highest BCUT2D eigenvalue weighted by atomic mass is 19.4. The van der Waals surface area contributed by atoms with Crippen LogP contribution in [0.4, 0.5) is 13.2 Å². The Balaban J connectivity index is 4.86. The van der Waals surface area contributed by atoms with E-state index in [9.17, 15) is 22.8 Å². The van der Waals surface area contributed by atoms with E-state index in [0.717, 1.165) is 0 Å². The second-order valence-corrected chi connectivity index (χ2v) is 2.12. The zero-order valence-electron chi connectivity index (χ0n) is 7.09. The molecule has 0 atom stereocenters. The van der Waals surface area contributed by atoms with Gasteiger partial charge in [0.2, 0.25) is 0 Å². The van der Waals surface area contributed by atoms with E-state index in [1.165, 1.54) is 6.92 Å². The minimum Gasteiger partial charge on any atom is -0.500 e. The molecule has 0 heterocycles. The average Bonchev–Trinajstić information content (AvgIpc) is 2.02. The lowest BCUT2D eigenvalue weighted by atomic mass is 10.2. The molecule has 0 spiro atoms. The minimum absolute atomic E-state index is 0.0259. The SMILES string of the molecule is CCO/C=C(\C(=O)O)C(=O)C(F)(F)F. The fraction of sp³-hybridized carbons (Fsp3) is 0.429. The largest absolute Gasteiger partial charge is 0.500 e. The Morgan fingerprint density at radius 3 is 2.21 bits per heavy atom. The van der Waals surface area contributed by atoms with Gasteiger partial charge in [0.15, 0.2) is 0 Å². The van der Waals surface area contributed by atoms with Crippen LogP contribution in [0.3, 0.4) is 0 Å². The van der Waals surface area contributed by atoms with Crippen LogP contribution in [0.2, 0.25) is 0 Å². The lowest BCUT2D eigenvalue weighted by Gasteiger charge is -2.05. The average molecular weight is 212 g/mol. The van der Waals surface area contributed by atoms with Gasteiger partial charge in [-0.2, -0.15) is 13.2 Å². The number of ether oxygens (including phenoxy) is 1. The predicted octanol–water partition coefficient (Wildman–Crippen LogP) is 1.12. The number of carbonyl (C=O) groups excluding carboxylic acids is 1. The molecule has 0 aliphatic carbocycles. The number of carboxylic acids is 1. The maximum absolute atomic E-state index is 11.8. The summed E-state index contributed by atoms with van der Waals surface area (Å²) in [5.74, 6) is -4.40. The van der Waals surface area contributed by atoms with Crippen molar-refractivity contribution < 1.29 is 32.6 Å². The molecule has 0 aromatic rings. The second kappa shape index (κ2) is 4.64. The topological polar surface area (TPSA) is 63.6 Å². The Bertz CT molecular complexity index is 267. The zero-order chi connectivity index (χ0) is 11.4. The summed E-state index contributed by atoms with van der Waals surface area (Å²) in [7, 11) is 0. The highest BCUT2D eigenvalue weighted by Crippen LogP contribution is 2.20. The Labute approximate surface area is 77.0 Å². The first-order chi connectivity index (χ1) is 6.30. The normalized spacial score (nSPS) is 12.4. The van der Waals surface area contributed by atoms with Gasteiger partial charge in [-0.25, -0.2) is 4.79 Å². The molecule has 0 bridgehead atoms. The Kier molecular flexibility index (Phi) is 4.13. The smallest absolute Gasteiger partial charge is 0.455 e. The first kappa shape index (κ1) is 12.5. The zero-order valence-corrected chi connectivity index (χ0v) is 7.09. The van der Waals surface area contributed by atoms with E-state index < -0.39 is 23.5 Å². The number of carboxylic acid groups (broad SMARTS) is 1. The molecule has 0 aliphatic heterocycles. The summed E-state index contributed by atoms with van der Waals surface area (Å²) in [5.41, 5.74) is -1.43. The van der Waals surface area contributed by atoms with Crippen molar-refractivity contribution in [2.24, 2.45) is 0 Å². The highest BCUT2D eigenvalue weighted by Gasteiger charge is 2.43. The first-order valence-electron chi connectivity index (χ1n) is 3.47. The third-order valence-electron chi connectivity index (χ3n) is 1.10. The molecule has 14 heavy (non-hydrogen) atoms. The van der Waals surface area contributed by atoms with E-state index in [2.05, 4.69) is 4.74 Å². The van der Waals surface area contributed by atoms with Gasteiger partial charge in [-0.05, 0) is 6.92 Å². The van der Waals surface area contributed by atoms with Gasteiger partial charge in [0.05, 0.1) is 6.61 Å². The van der Waals surface area contributed by atoms with E-state index in [1.807, 2.05) is 0 Å². The van der Waals surface area contributed by atoms with Crippen LogP contribution in [-0.2, 0) is 14.3 Å². The van der Waals surface area contributed by atoms with Crippen molar-refractivity contribution >= 4 is 11.8 Å². The molecule has 80 valence electrons. The van der Waals surface area contributed by atoms with Crippen LogP contribution >= 0.6 is 0 Å². The lowest BCUT2D eigenvalue weighted by molar-refractivity contribution is -0.168.